The highest BCUT2D eigenvalue weighted by Crippen LogP contribution is 2.34. The van der Waals surface area contributed by atoms with Gasteiger partial charge in [-0.25, -0.2) is 4.98 Å². The molecule has 154 valence electrons. The maximum absolute atomic E-state index is 12.9. The quantitative estimate of drug-likeness (QED) is 0.584. The highest BCUT2D eigenvalue weighted by Gasteiger charge is 2.35. The molecule has 6 nitrogen and oxygen atoms in total. The number of anilines is 1. The lowest BCUT2D eigenvalue weighted by atomic mass is 10.1. The Morgan fingerprint density at radius 2 is 1.90 bits per heavy atom. The average molecular weight is 467 g/mol. The van der Waals surface area contributed by atoms with Crippen LogP contribution < -0.4 is 4.90 Å². The maximum Gasteiger partial charge on any atom is 0.242 e. The first kappa shape index (κ1) is 19.3. The summed E-state index contributed by atoms with van der Waals surface area (Å²) in [4.78, 5) is 34.3. The average Bonchev–Trinajstić information content (AvgIpc) is 3.47. The lowest BCUT2D eigenvalue weighted by Gasteiger charge is -2.19. The number of hydrogen-bond donors (Lipinski definition) is 0. The fourth-order valence-electron chi connectivity index (χ4n) is 4.55. The van der Waals surface area contributed by atoms with Gasteiger partial charge in [0.1, 0.15) is 12.4 Å². The summed E-state index contributed by atoms with van der Waals surface area (Å²) in [5, 5.41) is 0. The van der Waals surface area contributed by atoms with Crippen LogP contribution in [0.3, 0.4) is 0 Å². The number of likely N-dealkylation sites (tertiary alicyclic amines) is 1. The molecule has 2 amide bonds. The second-order valence-electron chi connectivity index (χ2n) is 8.02. The first-order valence-corrected chi connectivity index (χ1v) is 11.2. The molecule has 1 unspecified atom stereocenters. The smallest absolute Gasteiger partial charge is 0.242 e. The van der Waals surface area contributed by atoms with E-state index in [-0.39, 0.29) is 24.3 Å². The molecular weight excluding hydrogens is 444 g/mol. The van der Waals surface area contributed by atoms with Crippen LogP contribution in [0.15, 0.2) is 53.0 Å². The van der Waals surface area contributed by atoms with Crippen LogP contribution in [0.4, 0.5) is 5.69 Å². The number of imidazole rings is 1. The summed E-state index contributed by atoms with van der Waals surface area (Å²) < 4.78 is 2.97. The van der Waals surface area contributed by atoms with E-state index in [4.69, 9.17) is 4.98 Å². The number of amides is 2. The molecule has 0 N–H and O–H groups in total. The van der Waals surface area contributed by atoms with Gasteiger partial charge in [0.25, 0.3) is 0 Å². The summed E-state index contributed by atoms with van der Waals surface area (Å²) in [6.45, 7) is 2.51. The van der Waals surface area contributed by atoms with Crippen LogP contribution in [0.5, 0.6) is 0 Å². The molecule has 3 heterocycles. The molecule has 2 aliphatic heterocycles. The van der Waals surface area contributed by atoms with Crippen molar-refractivity contribution in [2.75, 3.05) is 24.5 Å². The molecular formula is C23H23BrN4O2. The second kappa shape index (κ2) is 7.87. The van der Waals surface area contributed by atoms with Crippen molar-refractivity contribution in [2.45, 2.75) is 31.7 Å². The monoisotopic (exact) mass is 466 g/mol. The van der Waals surface area contributed by atoms with Gasteiger partial charge in [-0.05, 0) is 43.2 Å². The first-order valence-electron chi connectivity index (χ1n) is 10.4. The van der Waals surface area contributed by atoms with Gasteiger partial charge >= 0.3 is 0 Å². The van der Waals surface area contributed by atoms with Gasteiger partial charge in [0.2, 0.25) is 11.8 Å². The number of carbonyl (C=O) groups excluding carboxylic acids is 2. The third-order valence-corrected chi connectivity index (χ3v) is 6.54. The third-order valence-electron chi connectivity index (χ3n) is 6.05. The number of hydrogen-bond acceptors (Lipinski definition) is 3. The first-order chi connectivity index (χ1) is 14.6. The van der Waals surface area contributed by atoms with Crippen molar-refractivity contribution in [3.63, 3.8) is 0 Å². The number of rotatable bonds is 4. The van der Waals surface area contributed by atoms with E-state index in [0.29, 0.717) is 13.0 Å². The predicted octanol–water partition coefficient (Wildman–Crippen LogP) is 3.94. The Morgan fingerprint density at radius 1 is 1.10 bits per heavy atom. The number of benzene rings is 2. The fraction of sp³-hybridized carbons (Fsp3) is 0.348. The van der Waals surface area contributed by atoms with Crippen LogP contribution in [-0.4, -0.2) is 45.9 Å². The standard InChI is InChI=1S/C23H23BrN4O2/c24-17-6-5-7-18(13-17)27-14-16(12-21(27)29)23-25-19-8-1-2-9-20(19)28(23)15-22(30)26-10-3-4-11-26/h1-2,5-9,13,16H,3-4,10-12,14-15H2. The minimum Gasteiger partial charge on any atom is -0.341 e. The van der Waals surface area contributed by atoms with Gasteiger partial charge in [-0.15, -0.1) is 0 Å². The zero-order valence-corrected chi connectivity index (χ0v) is 18.2. The van der Waals surface area contributed by atoms with E-state index in [1.54, 1.807) is 0 Å². The molecule has 0 bridgehead atoms. The van der Waals surface area contributed by atoms with Crippen LogP contribution >= 0.6 is 15.9 Å². The van der Waals surface area contributed by atoms with Gasteiger partial charge in [0.05, 0.1) is 11.0 Å². The minimum absolute atomic E-state index is 0.0461. The molecule has 1 aromatic heterocycles. The summed E-state index contributed by atoms with van der Waals surface area (Å²) in [6, 6.07) is 15.7. The van der Waals surface area contributed by atoms with Crippen molar-refractivity contribution < 1.29 is 9.59 Å². The topological polar surface area (TPSA) is 58.4 Å². The van der Waals surface area contributed by atoms with E-state index in [1.165, 1.54) is 0 Å². The number of carbonyl (C=O) groups is 2. The Morgan fingerprint density at radius 3 is 2.70 bits per heavy atom. The summed E-state index contributed by atoms with van der Waals surface area (Å²) in [7, 11) is 0. The van der Waals surface area contributed by atoms with Crippen LogP contribution in [0, 0.1) is 0 Å². The zero-order chi connectivity index (χ0) is 20.7. The van der Waals surface area contributed by atoms with Crippen LogP contribution in [-0.2, 0) is 16.1 Å². The Labute approximate surface area is 183 Å². The zero-order valence-electron chi connectivity index (χ0n) is 16.6. The molecule has 0 saturated carbocycles. The van der Waals surface area contributed by atoms with Gasteiger partial charge < -0.3 is 14.4 Å². The van der Waals surface area contributed by atoms with Crippen LogP contribution in [0.2, 0.25) is 0 Å². The summed E-state index contributed by atoms with van der Waals surface area (Å²) in [5.74, 6) is 0.998. The molecule has 30 heavy (non-hydrogen) atoms. The Bertz CT molecular complexity index is 1120. The van der Waals surface area contributed by atoms with Gasteiger partial charge in [0, 0.05) is 42.1 Å². The van der Waals surface area contributed by atoms with Crippen molar-refractivity contribution >= 4 is 44.5 Å². The summed E-state index contributed by atoms with van der Waals surface area (Å²) in [5.41, 5.74) is 2.70. The number of fused-ring (bicyclic) bond motifs is 1. The number of para-hydroxylation sites is 2. The molecule has 0 radical (unpaired) electrons. The Kier molecular flexibility index (Phi) is 5.06. The Hall–Kier alpha value is -2.67. The normalized spacial score (nSPS) is 19.2. The summed E-state index contributed by atoms with van der Waals surface area (Å²) >= 11 is 3.49. The van der Waals surface area contributed by atoms with Gasteiger partial charge in [0.15, 0.2) is 0 Å². The Balaban J connectivity index is 1.48. The number of aromatic nitrogens is 2. The van der Waals surface area contributed by atoms with E-state index in [9.17, 15) is 9.59 Å². The molecule has 0 aliphatic carbocycles. The summed E-state index contributed by atoms with van der Waals surface area (Å²) in [6.07, 6.45) is 2.54. The molecule has 1 atom stereocenters. The van der Waals surface area contributed by atoms with Gasteiger partial charge in [-0.3, -0.25) is 9.59 Å². The molecule has 2 fully saturated rings. The minimum atomic E-state index is -0.0461. The maximum atomic E-state index is 12.9. The van der Waals surface area contributed by atoms with E-state index in [1.807, 2.05) is 62.9 Å². The van der Waals surface area contributed by atoms with Crippen LogP contribution in [0.1, 0.15) is 31.0 Å². The van der Waals surface area contributed by atoms with Crippen molar-refractivity contribution in [3.05, 3.63) is 58.8 Å². The largest absolute Gasteiger partial charge is 0.341 e. The molecule has 3 aromatic rings. The molecule has 2 aromatic carbocycles. The predicted molar refractivity (Wildman–Crippen MR) is 119 cm³/mol. The van der Waals surface area contributed by atoms with Crippen molar-refractivity contribution in [3.8, 4) is 0 Å². The third kappa shape index (κ3) is 3.51. The molecule has 0 spiro atoms. The molecule has 2 saturated heterocycles. The molecule has 5 rings (SSSR count). The highest BCUT2D eigenvalue weighted by molar-refractivity contribution is 9.10. The lowest BCUT2D eigenvalue weighted by Crippen LogP contribution is -2.32. The number of nitrogens with zero attached hydrogens (tertiary/aromatic N) is 4. The van der Waals surface area contributed by atoms with Crippen molar-refractivity contribution in [1.82, 2.24) is 14.5 Å². The van der Waals surface area contributed by atoms with Crippen molar-refractivity contribution in [2.24, 2.45) is 0 Å². The highest BCUT2D eigenvalue weighted by atomic mass is 79.9. The van der Waals surface area contributed by atoms with Gasteiger partial charge in [-0.2, -0.15) is 0 Å². The van der Waals surface area contributed by atoms with Gasteiger partial charge in [-0.1, -0.05) is 34.1 Å². The van der Waals surface area contributed by atoms with E-state index >= 15 is 0 Å². The van der Waals surface area contributed by atoms with E-state index < -0.39 is 0 Å². The van der Waals surface area contributed by atoms with Crippen molar-refractivity contribution in [1.29, 1.82) is 0 Å². The van der Waals surface area contributed by atoms with E-state index in [2.05, 4.69) is 15.9 Å². The molecule has 2 aliphatic rings. The lowest BCUT2D eigenvalue weighted by molar-refractivity contribution is -0.130. The number of halogens is 1. The second-order valence-corrected chi connectivity index (χ2v) is 8.93. The SMILES string of the molecule is O=C(Cn1c(C2CC(=O)N(c3cccc(Br)c3)C2)nc2ccccc21)N1CCCC1. The van der Waals surface area contributed by atoms with E-state index in [0.717, 1.165) is 52.9 Å². The fourth-order valence-corrected chi connectivity index (χ4v) is 4.94. The molecule has 7 heteroatoms. The van der Waals surface area contributed by atoms with Crippen LogP contribution in [0.25, 0.3) is 11.0 Å².